The van der Waals surface area contributed by atoms with Gasteiger partial charge < -0.3 is 5.11 Å². The quantitative estimate of drug-likeness (QED) is 0.410. The van der Waals surface area contributed by atoms with Gasteiger partial charge in [0.25, 0.3) is 5.56 Å². The first-order valence-corrected chi connectivity index (χ1v) is 9.41. The van der Waals surface area contributed by atoms with Crippen LogP contribution in [0.3, 0.4) is 0 Å². The summed E-state index contributed by atoms with van der Waals surface area (Å²) in [5, 5.41) is 12.0. The summed E-state index contributed by atoms with van der Waals surface area (Å²) >= 11 is 0. The first-order valence-electron chi connectivity index (χ1n) is 9.41. The number of aryl methyl sites for hydroxylation is 1. The summed E-state index contributed by atoms with van der Waals surface area (Å²) in [6.45, 7) is 3.32. The van der Waals surface area contributed by atoms with E-state index in [-0.39, 0.29) is 17.2 Å². The van der Waals surface area contributed by atoms with Gasteiger partial charge in [-0.25, -0.2) is 9.55 Å². The molecule has 6 heteroatoms. The number of carbonyl (C=O) groups is 1. The summed E-state index contributed by atoms with van der Waals surface area (Å²) in [6, 6.07) is 19.2. The molecule has 30 heavy (non-hydrogen) atoms. The molecule has 2 aromatic heterocycles. The Balaban J connectivity index is 1.91. The fourth-order valence-corrected chi connectivity index (χ4v) is 3.28. The molecule has 0 unspecified atom stereocenters. The van der Waals surface area contributed by atoms with Gasteiger partial charge in [-0.1, -0.05) is 24.3 Å². The van der Waals surface area contributed by atoms with Gasteiger partial charge in [0.05, 0.1) is 11.3 Å². The number of nitrogens with zero attached hydrogens (tertiary/aromatic N) is 3. The lowest BCUT2D eigenvalue weighted by molar-refractivity contribution is 0.101. The van der Waals surface area contributed by atoms with E-state index in [0.717, 1.165) is 5.69 Å². The standard InChI is InChI=1S/C24H19N3O3/c1-15-6-5-9-22(26-15)27-23(29)20-8-4-3-7-19(20)21(24(27)30)14-25-18-12-10-17(11-13-18)16(2)28/h3-14,30H,1-2H3. The first kappa shape index (κ1) is 19.3. The minimum absolute atomic E-state index is 0.0214. The highest BCUT2D eigenvalue weighted by atomic mass is 16.3. The van der Waals surface area contributed by atoms with Crippen molar-refractivity contribution in [2.45, 2.75) is 13.8 Å². The van der Waals surface area contributed by atoms with Gasteiger partial charge in [-0.05, 0) is 56.3 Å². The Morgan fingerprint density at radius 1 is 1.00 bits per heavy atom. The number of ketones is 1. The number of fused-ring (bicyclic) bond motifs is 1. The maximum absolute atomic E-state index is 13.1. The summed E-state index contributed by atoms with van der Waals surface area (Å²) in [5.74, 6) is 0.0801. The Morgan fingerprint density at radius 2 is 1.70 bits per heavy atom. The predicted molar refractivity (Wildman–Crippen MR) is 117 cm³/mol. The molecule has 0 aliphatic heterocycles. The molecular formula is C24H19N3O3. The molecular weight excluding hydrogens is 378 g/mol. The normalized spacial score (nSPS) is 11.3. The highest BCUT2D eigenvalue weighted by molar-refractivity contribution is 6.02. The van der Waals surface area contributed by atoms with Gasteiger partial charge in [0.1, 0.15) is 5.82 Å². The van der Waals surface area contributed by atoms with Crippen molar-refractivity contribution in [1.82, 2.24) is 9.55 Å². The maximum atomic E-state index is 13.1. The molecule has 4 rings (SSSR count). The molecule has 0 fully saturated rings. The van der Waals surface area contributed by atoms with Gasteiger partial charge in [0, 0.05) is 28.2 Å². The van der Waals surface area contributed by atoms with Crippen molar-refractivity contribution >= 4 is 28.5 Å². The van der Waals surface area contributed by atoms with Crippen molar-refractivity contribution in [2.75, 3.05) is 0 Å². The topological polar surface area (TPSA) is 84.5 Å². The third-order valence-corrected chi connectivity index (χ3v) is 4.82. The summed E-state index contributed by atoms with van der Waals surface area (Å²) < 4.78 is 1.19. The number of aromatic hydroxyl groups is 1. The van der Waals surface area contributed by atoms with Gasteiger partial charge in [-0.3, -0.25) is 14.6 Å². The molecule has 0 saturated heterocycles. The van der Waals surface area contributed by atoms with Crippen LogP contribution in [0.25, 0.3) is 16.6 Å². The third kappa shape index (κ3) is 3.51. The van der Waals surface area contributed by atoms with Crippen LogP contribution in [-0.4, -0.2) is 26.7 Å². The van der Waals surface area contributed by atoms with Crippen molar-refractivity contribution in [2.24, 2.45) is 4.99 Å². The minimum Gasteiger partial charge on any atom is -0.494 e. The second kappa shape index (κ2) is 7.75. The number of rotatable bonds is 4. The zero-order chi connectivity index (χ0) is 21.3. The minimum atomic E-state index is -0.357. The summed E-state index contributed by atoms with van der Waals surface area (Å²) in [4.78, 5) is 33.3. The average Bonchev–Trinajstić information content (AvgIpc) is 2.74. The largest absolute Gasteiger partial charge is 0.494 e. The molecule has 1 N–H and O–H groups in total. The number of Topliss-reactive ketones (excluding diaryl/α,β-unsaturated/α-hetero) is 1. The van der Waals surface area contributed by atoms with Gasteiger partial charge in [0.2, 0.25) is 5.88 Å². The number of hydrogen-bond acceptors (Lipinski definition) is 5. The lowest BCUT2D eigenvalue weighted by Crippen LogP contribution is -2.21. The zero-order valence-corrected chi connectivity index (χ0v) is 16.5. The fourth-order valence-electron chi connectivity index (χ4n) is 3.28. The van der Waals surface area contributed by atoms with E-state index in [2.05, 4.69) is 9.98 Å². The van der Waals surface area contributed by atoms with Crippen molar-refractivity contribution in [3.63, 3.8) is 0 Å². The summed E-state index contributed by atoms with van der Waals surface area (Å²) in [5.41, 5.74) is 2.00. The SMILES string of the molecule is CC(=O)c1ccc(N=Cc2c(O)n(-c3cccc(C)n3)c(=O)c3ccccc23)cc1. The predicted octanol–water partition coefficient (Wildman–Crippen LogP) is 4.35. The summed E-state index contributed by atoms with van der Waals surface area (Å²) in [7, 11) is 0. The van der Waals surface area contributed by atoms with Gasteiger partial charge in [0.15, 0.2) is 5.78 Å². The Kier molecular flexibility index (Phi) is 4.98. The van der Waals surface area contributed by atoms with Gasteiger partial charge in [-0.15, -0.1) is 0 Å². The highest BCUT2D eigenvalue weighted by Gasteiger charge is 2.17. The molecule has 0 amide bonds. The molecule has 6 nitrogen and oxygen atoms in total. The van der Waals surface area contributed by atoms with E-state index < -0.39 is 0 Å². The number of benzene rings is 2. The molecule has 148 valence electrons. The lowest BCUT2D eigenvalue weighted by Gasteiger charge is -2.13. The van der Waals surface area contributed by atoms with Crippen LogP contribution in [0, 0.1) is 6.92 Å². The average molecular weight is 397 g/mol. The molecule has 0 aliphatic carbocycles. The lowest BCUT2D eigenvalue weighted by atomic mass is 10.1. The van der Waals surface area contributed by atoms with Crippen LogP contribution in [0.15, 0.2) is 76.5 Å². The van der Waals surface area contributed by atoms with Crippen LogP contribution in [0.5, 0.6) is 5.88 Å². The van der Waals surface area contributed by atoms with Gasteiger partial charge in [-0.2, -0.15) is 0 Å². The van der Waals surface area contributed by atoms with Crippen LogP contribution in [-0.2, 0) is 0 Å². The van der Waals surface area contributed by atoms with Crippen molar-refractivity contribution in [3.05, 3.63) is 93.9 Å². The fraction of sp³-hybridized carbons (Fsp3) is 0.0833. The van der Waals surface area contributed by atoms with Gasteiger partial charge >= 0.3 is 0 Å². The Bertz CT molecular complexity index is 1350. The van der Waals surface area contributed by atoms with E-state index in [1.165, 1.54) is 17.7 Å². The van der Waals surface area contributed by atoms with Crippen molar-refractivity contribution in [3.8, 4) is 11.7 Å². The van der Waals surface area contributed by atoms with E-state index in [1.807, 2.05) is 13.0 Å². The van der Waals surface area contributed by atoms with Crippen LogP contribution in [0.1, 0.15) is 28.5 Å². The Morgan fingerprint density at radius 3 is 2.37 bits per heavy atom. The molecule has 2 aromatic carbocycles. The number of carbonyl (C=O) groups excluding carboxylic acids is 1. The molecule has 0 radical (unpaired) electrons. The number of aliphatic imine (C=N–C) groups is 1. The van der Waals surface area contributed by atoms with Crippen LogP contribution < -0.4 is 5.56 Å². The maximum Gasteiger partial charge on any atom is 0.267 e. The Labute approximate surface area is 172 Å². The monoisotopic (exact) mass is 397 g/mol. The summed E-state index contributed by atoms with van der Waals surface area (Å²) in [6.07, 6.45) is 1.52. The zero-order valence-electron chi connectivity index (χ0n) is 16.5. The molecule has 0 spiro atoms. The number of hydrogen-bond donors (Lipinski definition) is 1. The van der Waals surface area contributed by atoms with E-state index in [0.29, 0.717) is 33.4 Å². The van der Waals surface area contributed by atoms with Crippen molar-refractivity contribution < 1.29 is 9.90 Å². The van der Waals surface area contributed by atoms with Crippen LogP contribution in [0.4, 0.5) is 5.69 Å². The number of pyridine rings is 2. The van der Waals surface area contributed by atoms with E-state index in [9.17, 15) is 14.7 Å². The second-order valence-corrected chi connectivity index (χ2v) is 6.92. The molecule has 2 heterocycles. The highest BCUT2D eigenvalue weighted by Crippen LogP contribution is 2.26. The van der Waals surface area contributed by atoms with E-state index >= 15 is 0 Å². The Hall–Kier alpha value is -4.06. The smallest absolute Gasteiger partial charge is 0.267 e. The molecule has 0 atom stereocenters. The van der Waals surface area contributed by atoms with E-state index in [4.69, 9.17) is 0 Å². The molecule has 0 aliphatic rings. The van der Waals surface area contributed by atoms with Crippen LogP contribution >= 0.6 is 0 Å². The van der Waals surface area contributed by atoms with Crippen molar-refractivity contribution in [1.29, 1.82) is 0 Å². The number of aromatic nitrogens is 2. The second-order valence-electron chi connectivity index (χ2n) is 6.92. The first-order chi connectivity index (χ1) is 14.5. The molecule has 0 saturated carbocycles. The molecule has 0 bridgehead atoms. The van der Waals surface area contributed by atoms with E-state index in [1.54, 1.807) is 60.7 Å². The third-order valence-electron chi connectivity index (χ3n) is 4.82. The van der Waals surface area contributed by atoms with Crippen LogP contribution in [0.2, 0.25) is 0 Å². The molecule has 4 aromatic rings.